The average molecular weight is 847 g/mol. The average Bonchev–Trinajstić information content (AvgIpc) is 3.87. The second kappa shape index (κ2) is 19.3. The van der Waals surface area contributed by atoms with Crippen LogP contribution < -0.4 is 37.9 Å². The van der Waals surface area contributed by atoms with E-state index in [0.717, 1.165) is 45.3 Å². The molecule has 326 valence electrons. The minimum absolute atomic E-state index is 0.184. The van der Waals surface area contributed by atoms with Gasteiger partial charge in [-0.3, -0.25) is 4.79 Å². The first-order chi connectivity index (χ1) is 29.5. The number of ether oxygens (including phenoxy) is 8. The van der Waals surface area contributed by atoms with Crippen LogP contribution >= 0.6 is 0 Å². The van der Waals surface area contributed by atoms with E-state index >= 15 is 0 Å². The van der Waals surface area contributed by atoms with Crippen molar-refractivity contribution >= 4 is 12.1 Å². The van der Waals surface area contributed by atoms with E-state index in [-0.39, 0.29) is 23.1 Å². The summed E-state index contributed by atoms with van der Waals surface area (Å²) in [5.41, 5.74) is 2.72. The Morgan fingerprint density at radius 2 is 0.726 bits per heavy atom. The summed E-state index contributed by atoms with van der Waals surface area (Å²) in [7, 11) is 6.16. The highest BCUT2D eigenvalue weighted by Gasteiger charge is 2.25. The molecule has 0 aliphatic carbocycles. The molecule has 0 aliphatic rings. The molecule has 0 atom stereocenters. The third-order valence-electron chi connectivity index (χ3n) is 9.48. The normalized spacial score (nSPS) is 11.5. The van der Waals surface area contributed by atoms with Gasteiger partial charge in [0.1, 0.15) is 28.6 Å². The Hall–Kier alpha value is -6.82. The fourth-order valence-electron chi connectivity index (χ4n) is 6.44. The van der Waals surface area contributed by atoms with Crippen LogP contribution in [-0.2, 0) is 30.5 Å². The second-order valence-corrected chi connectivity index (χ2v) is 16.7. The third-order valence-corrected chi connectivity index (χ3v) is 9.48. The summed E-state index contributed by atoms with van der Waals surface area (Å²) in [4.78, 5) is 25.4. The number of esters is 1. The van der Waals surface area contributed by atoms with Gasteiger partial charge in [-0.1, -0.05) is 24.3 Å². The molecule has 62 heavy (non-hydrogen) atoms. The summed E-state index contributed by atoms with van der Waals surface area (Å²) >= 11 is 0. The molecule has 6 aromatic rings. The number of methoxy groups -OCH3 is 4. The smallest absolute Gasteiger partial charge is 0.493 e. The van der Waals surface area contributed by atoms with Crippen LogP contribution in [0, 0.1) is 5.41 Å². The largest absolute Gasteiger partial charge is 0.519 e. The van der Waals surface area contributed by atoms with Gasteiger partial charge >= 0.3 is 12.1 Å². The predicted octanol–water partition coefficient (Wildman–Crippen LogP) is 11.0. The Labute approximate surface area is 362 Å². The topological polar surface area (TPSA) is 134 Å². The van der Waals surface area contributed by atoms with Crippen molar-refractivity contribution in [2.24, 2.45) is 5.41 Å². The number of hydrogen-bond acceptors (Lipinski definition) is 12. The molecule has 0 bridgehead atoms. The van der Waals surface area contributed by atoms with Gasteiger partial charge in [0.25, 0.3) is 0 Å². The van der Waals surface area contributed by atoms with Crippen molar-refractivity contribution in [3.8, 4) is 46.0 Å². The Kier molecular flexibility index (Phi) is 13.9. The molecular weight excluding hydrogens is 793 g/mol. The maximum atomic E-state index is 13.0. The highest BCUT2D eigenvalue weighted by molar-refractivity contribution is 5.78. The van der Waals surface area contributed by atoms with E-state index in [9.17, 15) is 9.59 Å². The molecule has 12 heteroatoms. The zero-order valence-electron chi connectivity index (χ0n) is 37.0. The summed E-state index contributed by atoms with van der Waals surface area (Å²) in [6.07, 6.45) is 1.08. The lowest BCUT2D eigenvalue weighted by molar-refractivity contribution is -0.143. The molecule has 0 N–H and O–H groups in total. The van der Waals surface area contributed by atoms with Gasteiger partial charge in [0.15, 0.2) is 46.0 Å². The van der Waals surface area contributed by atoms with Crippen molar-refractivity contribution in [3.63, 3.8) is 0 Å². The maximum absolute atomic E-state index is 13.0. The zero-order valence-corrected chi connectivity index (χ0v) is 37.0. The molecule has 0 saturated heterocycles. The van der Waals surface area contributed by atoms with Gasteiger partial charge in [0.2, 0.25) is 0 Å². The summed E-state index contributed by atoms with van der Waals surface area (Å²) in [6.45, 7) is 11.4. The van der Waals surface area contributed by atoms with Gasteiger partial charge in [-0.25, -0.2) is 4.79 Å². The van der Waals surface area contributed by atoms with Gasteiger partial charge in [0, 0.05) is 25.7 Å². The minimum atomic E-state index is -0.958. The lowest BCUT2D eigenvalue weighted by Crippen LogP contribution is -2.25. The molecule has 0 aliphatic heterocycles. The molecule has 2 heterocycles. The number of carbonyl (C=O) groups excluding carboxylic acids is 2. The van der Waals surface area contributed by atoms with Crippen LogP contribution in [0.4, 0.5) is 4.79 Å². The standard InChI is InChI=1S/C50H54O12/c1-49(2,3)47(51)59-39-19-11-31(27-43(39)53-7)23-35-15-16-36(57-35)24-32-12-20-40(44(28-32)54-8)60-48(52)61-41-21-13-33(29-45(41)55-9)25-37-17-18-38(58-37)26-34-14-22-42(46(30-34)56-10)62-50(4,5)6/h11-22,27-30H,23-26H2,1-10H3. The van der Waals surface area contributed by atoms with Crippen molar-refractivity contribution in [2.75, 3.05) is 28.4 Å². The van der Waals surface area contributed by atoms with Crippen LogP contribution in [0.2, 0.25) is 0 Å². The summed E-state index contributed by atoms with van der Waals surface area (Å²) in [6, 6.07) is 29.5. The Balaban J connectivity index is 1.03. The lowest BCUT2D eigenvalue weighted by atomic mass is 9.97. The number of carbonyl (C=O) groups is 2. The van der Waals surface area contributed by atoms with Gasteiger partial charge in [-0.15, -0.1) is 0 Å². The minimum Gasteiger partial charge on any atom is -0.493 e. The fraction of sp³-hybridized carbons (Fsp3) is 0.320. The van der Waals surface area contributed by atoms with Crippen molar-refractivity contribution < 1.29 is 56.3 Å². The van der Waals surface area contributed by atoms with Crippen molar-refractivity contribution in [1.29, 1.82) is 0 Å². The van der Waals surface area contributed by atoms with E-state index in [4.69, 9.17) is 46.7 Å². The lowest BCUT2D eigenvalue weighted by Gasteiger charge is -2.23. The first-order valence-corrected chi connectivity index (χ1v) is 20.2. The predicted molar refractivity (Wildman–Crippen MR) is 233 cm³/mol. The van der Waals surface area contributed by atoms with E-state index in [1.165, 1.54) is 21.3 Å². The fourth-order valence-corrected chi connectivity index (χ4v) is 6.44. The zero-order chi connectivity index (χ0) is 44.6. The van der Waals surface area contributed by atoms with E-state index in [1.54, 1.807) is 58.2 Å². The van der Waals surface area contributed by atoms with Crippen LogP contribution in [0.25, 0.3) is 0 Å². The van der Waals surface area contributed by atoms with Crippen LogP contribution in [-0.4, -0.2) is 46.2 Å². The molecular formula is C50H54O12. The molecule has 0 unspecified atom stereocenters. The van der Waals surface area contributed by atoms with Crippen LogP contribution in [0.15, 0.2) is 106 Å². The van der Waals surface area contributed by atoms with E-state index < -0.39 is 11.6 Å². The molecule has 0 amide bonds. The van der Waals surface area contributed by atoms with Crippen molar-refractivity contribution in [1.82, 2.24) is 0 Å². The molecule has 0 fully saturated rings. The van der Waals surface area contributed by atoms with Gasteiger partial charge in [-0.2, -0.15) is 0 Å². The van der Waals surface area contributed by atoms with Crippen LogP contribution in [0.3, 0.4) is 0 Å². The molecule has 6 rings (SSSR count). The summed E-state index contributed by atoms with van der Waals surface area (Å²) < 4.78 is 57.3. The quantitative estimate of drug-likeness (QED) is 0.0521. The Morgan fingerprint density at radius 3 is 1.03 bits per heavy atom. The highest BCUT2D eigenvalue weighted by atomic mass is 16.7. The number of furan rings is 2. The molecule has 0 saturated carbocycles. The van der Waals surface area contributed by atoms with Crippen LogP contribution in [0.5, 0.6) is 46.0 Å². The Morgan fingerprint density at radius 1 is 0.419 bits per heavy atom. The molecule has 0 radical (unpaired) electrons. The van der Waals surface area contributed by atoms with E-state index in [1.807, 2.05) is 87.5 Å². The molecule has 4 aromatic carbocycles. The Bertz CT molecular complexity index is 2490. The van der Waals surface area contributed by atoms with Crippen LogP contribution in [0.1, 0.15) is 86.8 Å². The maximum Gasteiger partial charge on any atom is 0.519 e. The number of rotatable bonds is 16. The first-order valence-electron chi connectivity index (χ1n) is 20.2. The second-order valence-electron chi connectivity index (χ2n) is 16.7. The van der Waals surface area contributed by atoms with Crippen molar-refractivity contribution in [3.05, 3.63) is 142 Å². The molecule has 12 nitrogen and oxygen atoms in total. The SMILES string of the molecule is COc1cc(Cc2ccc(Cc3ccc(OC(=O)C(C)(C)C)c(OC)c3)o2)ccc1OC(=O)Oc1ccc(Cc2ccc(Cc3ccc(OC(C)(C)C)c(OC)c3)o2)cc1OC. The van der Waals surface area contributed by atoms with E-state index in [2.05, 4.69) is 0 Å². The molecule has 2 aromatic heterocycles. The monoisotopic (exact) mass is 846 g/mol. The third kappa shape index (κ3) is 11.9. The first kappa shape index (κ1) is 44.7. The summed E-state index contributed by atoms with van der Waals surface area (Å²) in [5.74, 6) is 5.95. The highest BCUT2D eigenvalue weighted by Crippen LogP contribution is 2.35. The molecule has 0 spiro atoms. The number of hydrogen-bond donors (Lipinski definition) is 0. The van der Waals surface area contributed by atoms with Gasteiger partial charge in [0.05, 0.1) is 33.9 Å². The number of benzene rings is 4. The van der Waals surface area contributed by atoms with Crippen molar-refractivity contribution in [2.45, 2.75) is 72.8 Å². The van der Waals surface area contributed by atoms with E-state index in [0.29, 0.717) is 60.2 Å². The van der Waals surface area contributed by atoms with Gasteiger partial charge in [-0.05, 0) is 137 Å². The van der Waals surface area contributed by atoms with Gasteiger partial charge < -0.3 is 46.7 Å². The summed E-state index contributed by atoms with van der Waals surface area (Å²) in [5, 5.41) is 0.